The average Bonchev–Trinajstić information content (AvgIpc) is 2.22. The smallest absolute Gasteiger partial charge is 0.0501 e. The van der Waals surface area contributed by atoms with Gasteiger partial charge >= 0.3 is 0 Å². The van der Waals surface area contributed by atoms with Gasteiger partial charge in [-0.25, -0.2) is 0 Å². The summed E-state index contributed by atoms with van der Waals surface area (Å²) in [5.74, 6) is 2.05. The molecule has 0 amide bonds. The second-order valence-electron chi connectivity index (χ2n) is 2.71. The molecule has 1 aliphatic carbocycles. The molecular weight excluding hydrogens is 104 g/mol. The SMILES string of the molecule is OCC1C2COC[C@@H]12. The minimum atomic E-state index is 0.374. The van der Waals surface area contributed by atoms with Crippen molar-refractivity contribution < 1.29 is 9.84 Å². The van der Waals surface area contributed by atoms with Crippen molar-refractivity contribution in [1.82, 2.24) is 0 Å². The van der Waals surface area contributed by atoms with Crippen LogP contribution in [0.5, 0.6) is 0 Å². The van der Waals surface area contributed by atoms with Gasteiger partial charge in [-0.15, -0.1) is 0 Å². The van der Waals surface area contributed by atoms with Gasteiger partial charge in [0.05, 0.1) is 13.2 Å². The number of hydrogen-bond donors (Lipinski definition) is 1. The predicted molar refractivity (Wildman–Crippen MR) is 28.4 cm³/mol. The standard InChI is InChI=1S/C6H10O2/c7-1-4-5-2-8-3-6(4)5/h4-7H,1-3H2/t4?,5-,6?/m0/s1. The van der Waals surface area contributed by atoms with Gasteiger partial charge in [0.2, 0.25) is 0 Å². The first kappa shape index (κ1) is 4.77. The second kappa shape index (κ2) is 1.45. The first-order chi connectivity index (χ1) is 3.93. The molecule has 0 aromatic heterocycles. The predicted octanol–water partition coefficient (Wildman–Crippen LogP) is -0.129. The van der Waals surface area contributed by atoms with Gasteiger partial charge in [-0.2, -0.15) is 0 Å². The maximum absolute atomic E-state index is 8.66. The van der Waals surface area contributed by atoms with E-state index in [0.717, 1.165) is 25.0 Å². The quantitative estimate of drug-likeness (QED) is 0.514. The van der Waals surface area contributed by atoms with Crippen LogP contribution in [0.1, 0.15) is 0 Å². The maximum atomic E-state index is 8.66. The molecule has 1 aliphatic heterocycles. The third kappa shape index (κ3) is 0.446. The third-order valence-electron chi connectivity index (χ3n) is 2.34. The summed E-state index contributed by atoms with van der Waals surface area (Å²) < 4.78 is 5.13. The van der Waals surface area contributed by atoms with Crippen molar-refractivity contribution in [3.8, 4) is 0 Å². The van der Waals surface area contributed by atoms with Crippen LogP contribution >= 0.6 is 0 Å². The summed E-state index contributed by atoms with van der Waals surface area (Å²) in [5, 5.41) is 8.66. The number of hydrogen-bond acceptors (Lipinski definition) is 2. The van der Waals surface area contributed by atoms with E-state index < -0.39 is 0 Å². The Morgan fingerprint density at radius 1 is 1.38 bits per heavy atom. The van der Waals surface area contributed by atoms with Crippen LogP contribution in [0.4, 0.5) is 0 Å². The summed E-state index contributed by atoms with van der Waals surface area (Å²) in [7, 11) is 0. The molecule has 1 heterocycles. The van der Waals surface area contributed by atoms with E-state index in [1.54, 1.807) is 0 Å². The molecule has 2 fully saturated rings. The highest BCUT2D eigenvalue weighted by atomic mass is 16.5. The lowest BCUT2D eigenvalue weighted by atomic mass is 10.3. The van der Waals surface area contributed by atoms with Crippen LogP contribution in [-0.2, 0) is 4.74 Å². The maximum Gasteiger partial charge on any atom is 0.0501 e. The monoisotopic (exact) mass is 114 g/mol. The molecule has 1 saturated carbocycles. The second-order valence-corrected chi connectivity index (χ2v) is 2.71. The third-order valence-corrected chi connectivity index (χ3v) is 2.34. The Kier molecular flexibility index (Phi) is 0.866. The van der Waals surface area contributed by atoms with Crippen LogP contribution in [0.25, 0.3) is 0 Å². The Balaban J connectivity index is 1.94. The zero-order valence-corrected chi connectivity index (χ0v) is 4.71. The molecule has 0 radical (unpaired) electrons. The Morgan fingerprint density at radius 3 is 2.38 bits per heavy atom. The average molecular weight is 114 g/mol. The van der Waals surface area contributed by atoms with E-state index in [-0.39, 0.29) is 0 Å². The van der Waals surface area contributed by atoms with E-state index in [0.29, 0.717) is 12.5 Å². The van der Waals surface area contributed by atoms with Gasteiger partial charge in [0.1, 0.15) is 0 Å². The number of rotatable bonds is 1. The molecule has 1 N–H and O–H groups in total. The van der Waals surface area contributed by atoms with Gasteiger partial charge in [0, 0.05) is 6.61 Å². The molecule has 2 rings (SSSR count). The molecule has 8 heavy (non-hydrogen) atoms. The van der Waals surface area contributed by atoms with Crippen molar-refractivity contribution >= 4 is 0 Å². The summed E-state index contributed by atoms with van der Waals surface area (Å²) in [6.45, 7) is 2.17. The Hall–Kier alpha value is -0.0800. The highest BCUT2D eigenvalue weighted by molar-refractivity contribution is 4.99. The molecular formula is C6H10O2. The number of ether oxygens (including phenoxy) is 1. The topological polar surface area (TPSA) is 29.5 Å². The van der Waals surface area contributed by atoms with Crippen LogP contribution < -0.4 is 0 Å². The Morgan fingerprint density at radius 2 is 2.00 bits per heavy atom. The summed E-state index contributed by atoms with van der Waals surface area (Å²) in [5.41, 5.74) is 0. The van der Waals surface area contributed by atoms with Crippen molar-refractivity contribution in [3.05, 3.63) is 0 Å². The number of aliphatic hydroxyl groups is 1. The lowest BCUT2D eigenvalue weighted by molar-refractivity contribution is 0.133. The summed E-state index contributed by atoms with van der Waals surface area (Å²) in [4.78, 5) is 0. The van der Waals surface area contributed by atoms with E-state index in [4.69, 9.17) is 9.84 Å². The molecule has 2 aliphatic rings. The van der Waals surface area contributed by atoms with Crippen molar-refractivity contribution in [2.75, 3.05) is 19.8 Å². The molecule has 0 aromatic carbocycles. The molecule has 1 saturated heterocycles. The van der Waals surface area contributed by atoms with Crippen molar-refractivity contribution in [1.29, 1.82) is 0 Å². The van der Waals surface area contributed by atoms with E-state index in [2.05, 4.69) is 0 Å². The number of aliphatic hydroxyl groups excluding tert-OH is 1. The van der Waals surface area contributed by atoms with Crippen LogP contribution in [0.15, 0.2) is 0 Å². The van der Waals surface area contributed by atoms with E-state index >= 15 is 0 Å². The highest BCUT2D eigenvalue weighted by Gasteiger charge is 2.53. The van der Waals surface area contributed by atoms with Crippen LogP contribution in [-0.4, -0.2) is 24.9 Å². The van der Waals surface area contributed by atoms with Crippen LogP contribution in [0.3, 0.4) is 0 Å². The zero-order valence-electron chi connectivity index (χ0n) is 4.71. The first-order valence-electron chi connectivity index (χ1n) is 3.12. The molecule has 3 atom stereocenters. The Labute approximate surface area is 48.5 Å². The van der Waals surface area contributed by atoms with Crippen molar-refractivity contribution in [2.45, 2.75) is 0 Å². The molecule has 0 bridgehead atoms. The van der Waals surface area contributed by atoms with Gasteiger partial charge in [0.15, 0.2) is 0 Å². The van der Waals surface area contributed by atoms with Crippen molar-refractivity contribution in [3.63, 3.8) is 0 Å². The molecule has 2 unspecified atom stereocenters. The molecule has 2 nitrogen and oxygen atoms in total. The van der Waals surface area contributed by atoms with Crippen molar-refractivity contribution in [2.24, 2.45) is 17.8 Å². The summed E-state index contributed by atoms with van der Waals surface area (Å²) in [6, 6.07) is 0. The van der Waals surface area contributed by atoms with E-state index in [9.17, 15) is 0 Å². The van der Waals surface area contributed by atoms with Crippen LogP contribution in [0.2, 0.25) is 0 Å². The zero-order chi connectivity index (χ0) is 5.56. The fourth-order valence-corrected chi connectivity index (χ4v) is 1.63. The summed E-state index contributed by atoms with van der Waals surface area (Å²) in [6.07, 6.45) is 0. The van der Waals surface area contributed by atoms with E-state index in [1.165, 1.54) is 0 Å². The van der Waals surface area contributed by atoms with E-state index in [1.807, 2.05) is 0 Å². The van der Waals surface area contributed by atoms with Crippen LogP contribution in [0, 0.1) is 17.8 Å². The fraction of sp³-hybridized carbons (Fsp3) is 1.00. The first-order valence-corrected chi connectivity index (χ1v) is 3.12. The highest BCUT2D eigenvalue weighted by Crippen LogP contribution is 2.49. The Bertz CT molecular complexity index is 85.9. The number of fused-ring (bicyclic) bond motifs is 1. The molecule has 0 aromatic rings. The minimum absolute atomic E-state index is 0.374. The molecule has 2 heteroatoms. The normalized spacial score (nSPS) is 51.4. The van der Waals surface area contributed by atoms with Gasteiger partial charge in [0.25, 0.3) is 0 Å². The van der Waals surface area contributed by atoms with Gasteiger partial charge in [-0.1, -0.05) is 0 Å². The molecule has 46 valence electrons. The lowest BCUT2D eigenvalue weighted by Gasteiger charge is -1.96. The molecule has 0 spiro atoms. The van der Waals surface area contributed by atoms with Gasteiger partial charge in [-0.05, 0) is 17.8 Å². The lowest BCUT2D eigenvalue weighted by Crippen LogP contribution is -2.00. The van der Waals surface area contributed by atoms with Gasteiger partial charge in [-0.3, -0.25) is 0 Å². The largest absolute Gasteiger partial charge is 0.396 e. The minimum Gasteiger partial charge on any atom is -0.396 e. The van der Waals surface area contributed by atoms with Gasteiger partial charge < -0.3 is 9.84 Å². The fourth-order valence-electron chi connectivity index (χ4n) is 1.63. The summed E-state index contributed by atoms with van der Waals surface area (Å²) >= 11 is 0.